The van der Waals surface area contributed by atoms with E-state index in [1.54, 1.807) is 36.4 Å². The molecule has 0 spiro atoms. The number of rotatable bonds is 14. The summed E-state index contributed by atoms with van der Waals surface area (Å²) in [6, 6.07) is 10.5. The molecule has 4 heterocycles. The standard InChI is InChI=1S/C32H32N4O8S4/c37-25(33-19-9-11-21-23(15-19)43-17-41-21)7-3-1-5-13-35-29(39)27(47-31(35)45)28-30(40)36(32(46)48-28)14-6-2-4-8-26(38)34-20-10-12-22-24(16-20)44-18-42-22/h9-12,15-16H,1-8,13-14,17-18H2,(H,33,37)(H,34,38)/b28-27+. The van der Waals surface area contributed by atoms with E-state index in [-0.39, 0.29) is 37.2 Å². The summed E-state index contributed by atoms with van der Waals surface area (Å²) in [5, 5.41) is 5.73. The highest BCUT2D eigenvalue weighted by molar-refractivity contribution is 8.29. The number of benzene rings is 2. The molecule has 4 aliphatic rings. The molecule has 0 aliphatic carbocycles. The molecular formula is C32H32N4O8S4. The van der Waals surface area contributed by atoms with Crippen molar-refractivity contribution in [1.29, 1.82) is 0 Å². The number of anilines is 2. The van der Waals surface area contributed by atoms with Crippen molar-refractivity contribution >= 4 is 91.6 Å². The lowest BCUT2D eigenvalue weighted by Gasteiger charge is -2.14. The van der Waals surface area contributed by atoms with Gasteiger partial charge in [-0.15, -0.1) is 0 Å². The predicted octanol–water partition coefficient (Wildman–Crippen LogP) is 5.77. The van der Waals surface area contributed by atoms with Crippen LogP contribution >= 0.6 is 48.0 Å². The Bertz CT molecular complexity index is 1580. The van der Waals surface area contributed by atoms with Crippen molar-refractivity contribution in [2.45, 2.75) is 51.4 Å². The molecule has 0 atom stereocenters. The molecule has 6 rings (SSSR count). The van der Waals surface area contributed by atoms with Crippen LogP contribution in [0.1, 0.15) is 51.4 Å². The summed E-state index contributed by atoms with van der Waals surface area (Å²) in [5.41, 5.74) is 1.29. The van der Waals surface area contributed by atoms with Crippen LogP contribution in [0.4, 0.5) is 11.4 Å². The van der Waals surface area contributed by atoms with Gasteiger partial charge >= 0.3 is 0 Å². The first kappa shape index (κ1) is 34.0. The molecule has 0 unspecified atom stereocenters. The maximum Gasteiger partial charge on any atom is 0.267 e. The number of amides is 4. The molecule has 0 aromatic heterocycles. The Kier molecular flexibility index (Phi) is 11.0. The zero-order valence-corrected chi connectivity index (χ0v) is 29.0. The number of thiocarbonyl (C=S) groups is 2. The Labute approximate surface area is 296 Å². The van der Waals surface area contributed by atoms with Crippen LogP contribution in [0.25, 0.3) is 0 Å². The third kappa shape index (κ3) is 8.05. The second kappa shape index (κ2) is 15.6. The van der Waals surface area contributed by atoms with E-state index in [2.05, 4.69) is 10.6 Å². The molecule has 12 nitrogen and oxygen atoms in total. The fraction of sp³-hybridized carbons (Fsp3) is 0.375. The van der Waals surface area contributed by atoms with Crippen LogP contribution in [0.3, 0.4) is 0 Å². The molecule has 4 aliphatic heterocycles. The van der Waals surface area contributed by atoms with Crippen LogP contribution in [-0.4, -0.2) is 68.7 Å². The summed E-state index contributed by atoms with van der Waals surface area (Å²) in [4.78, 5) is 54.9. The Morgan fingerprint density at radius 2 is 1.04 bits per heavy atom. The van der Waals surface area contributed by atoms with Gasteiger partial charge in [-0.25, -0.2) is 0 Å². The quantitative estimate of drug-likeness (QED) is 0.139. The van der Waals surface area contributed by atoms with Gasteiger partial charge in [-0.1, -0.05) is 60.8 Å². The third-order valence-electron chi connectivity index (χ3n) is 7.79. The highest BCUT2D eigenvalue weighted by Gasteiger charge is 2.41. The Hall–Kier alpha value is -3.86. The number of unbranched alkanes of at least 4 members (excludes halogenated alkanes) is 4. The lowest BCUT2D eigenvalue weighted by Crippen LogP contribution is -2.31. The molecule has 48 heavy (non-hydrogen) atoms. The first-order chi connectivity index (χ1) is 23.3. The Balaban J connectivity index is 0.891. The molecule has 2 fully saturated rings. The van der Waals surface area contributed by atoms with E-state index < -0.39 is 0 Å². The number of hydrogen-bond donors (Lipinski definition) is 2. The largest absolute Gasteiger partial charge is 0.454 e. The van der Waals surface area contributed by atoms with Crippen LogP contribution in [0.5, 0.6) is 23.0 Å². The molecule has 0 saturated carbocycles. The number of nitrogens with zero attached hydrogens (tertiary/aromatic N) is 2. The van der Waals surface area contributed by atoms with Gasteiger partial charge < -0.3 is 29.6 Å². The first-order valence-corrected chi connectivity index (χ1v) is 17.9. The molecule has 2 aromatic carbocycles. The van der Waals surface area contributed by atoms with Crippen molar-refractivity contribution in [2.75, 3.05) is 37.3 Å². The van der Waals surface area contributed by atoms with Crippen molar-refractivity contribution < 1.29 is 38.1 Å². The average Bonchev–Trinajstić information content (AvgIpc) is 3.84. The van der Waals surface area contributed by atoms with Gasteiger partial charge in [0.2, 0.25) is 25.4 Å². The lowest BCUT2D eigenvalue weighted by atomic mass is 10.1. The average molecular weight is 729 g/mol. The highest BCUT2D eigenvalue weighted by Crippen LogP contribution is 2.42. The van der Waals surface area contributed by atoms with Gasteiger partial charge in [-0.3, -0.25) is 29.0 Å². The van der Waals surface area contributed by atoms with Gasteiger partial charge in [-0.05, 0) is 49.9 Å². The zero-order valence-electron chi connectivity index (χ0n) is 25.7. The van der Waals surface area contributed by atoms with Crippen molar-refractivity contribution in [3.05, 3.63) is 46.2 Å². The van der Waals surface area contributed by atoms with Crippen LogP contribution in [0.15, 0.2) is 46.2 Å². The van der Waals surface area contributed by atoms with Gasteiger partial charge in [0.25, 0.3) is 11.8 Å². The molecule has 0 radical (unpaired) electrons. The van der Waals surface area contributed by atoms with Gasteiger partial charge in [0.1, 0.15) is 8.64 Å². The van der Waals surface area contributed by atoms with E-state index >= 15 is 0 Å². The summed E-state index contributed by atoms with van der Waals surface area (Å²) in [6.45, 7) is 1.15. The first-order valence-electron chi connectivity index (χ1n) is 15.5. The summed E-state index contributed by atoms with van der Waals surface area (Å²) in [6.07, 6.45) is 4.74. The van der Waals surface area contributed by atoms with Crippen LogP contribution in [0.2, 0.25) is 0 Å². The zero-order chi connectivity index (χ0) is 33.6. The number of ether oxygens (including phenoxy) is 4. The summed E-state index contributed by atoms with van der Waals surface area (Å²) in [5.74, 6) is 1.72. The van der Waals surface area contributed by atoms with E-state index in [0.29, 0.717) is 104 Å². The molecule has 2 N–H and O–H groups in total. The van der Waals surface area contributed by atoms with Crippen LogP contribution in [0, 0.1) is 0 Å². The molecule has 0 bridgehead atoms. The lowest BCUT2D eigenvalue weighted by molar-refractivity contribution is -0.124. The maximum atomic E-state index is 13.3. The van der Waals surface area contributed by atoms with Crippen molar-refractivity contribution in [1.82, 2.24) is 9.80 Å². The number of carbonyl (C=O) groups excluding carboxylic acids is 4. The van der Waals surface area contributed by atoms with Crippen LogP contribution < -0.4 is 29.6 Å². The number of nitrogens with one attached hydrogen (secondary N) is 2. The van der Waals surface area contributed by atoms with Gasteiger partial charge in [0.05, 0.1) is 9.81 Å². The third-order valence-corrected chi connectivity index (χ3v) is 10.8. The minimum Gasteiger partial charge on any atom is -0.454 e. The normalized spacial score (nSPS) is 17.9. The van der Waals surface area contributed by atoms with E-state index in [1.807, 2.05) is 0 Å². The Morgan fingerprint density at radius 3 is 1.48 bits per heavy atom. The topological polar surface area (TPSA) is 136 Å². The molecule has 4 amide bonds. The second-order valence-electron chi connectivity index (χ2n) is 11.2. The predicted molar refractivity (Wildman–Crippen MR) is 190 cm³/mol. The molecule has 2 saturated heterocycles. The van der Waals surface area contributed by atoms with Crippen molar-refractivity contribution in [2.24, 2.45) is 0 Å². The molecular weight excluding hydrogens is 697 g/mol. The van der Waals surface area contributed by atoms with Gasteiger partial charge in [0.15, 0.2) is 23.0 Å². The van der Waals surface area contributed by atoms with Gasteiger partial charge in [0, 0.05) is 49.4 Å². The van der Waals surface area contributed by atoms with E-state index in [9.17, 15) is 19.2 Å². The smallest absolute Gasteiger partial charge is 0.267 e. The van der Waals surface area contributed by atoms with E-state index in [4.69, 9.17) is 43.4 Å². The fourth-order valence-corrected chi connectivity index (χ4v) is 8.09. The number of hydrogen-bond acceptors (Lipinski definition) is 12. The highest BCUT2D eigenvalue weighted by atomic mass is 32.2. The van der Waals surface area contributed by atoms with Crippen LogP contribution in [-0.2, 0) is 19.2 Å². The van der Waals surface area contributed by atoms with Crippen molar-refractivity contribution in [3.8, 4) is 23.0 Å². The number of carbonyl (C=O) groups is 4. The minimum atomic E-state index is -0.292. The van der Waals surface area contributed by atoms with Gasteiger partial charge in [-0.2, -0.15) is 0 Å². The monoisotopic (exact) mass is 728 g/mol. The Morgan fingerprint density at radius 1 is 0.625 bits per heavy atom. The van der Waals surface area contributed by atoms with E-state index in [0.717, 1.165) is 36.4 Å². The van der Waals surface area contributed by atoms with Crippen molar-refractivity contribution in [3.63, 3.8) is 0 Å². The maximum absolute atomic E-state index is 13.3. The molecule has 2 aromatic rings. The second-order valence-corrected chi connectivity index (χ2v) is 14.4. The fourth-order valence-electron chi connectivity index (χ4n) is 5.32. The molecule has 16 heteroatoms. The number of thioether (sulfide) groups is 2. The molecule has 252 valence electrons. The van der Waals surface area contributed by atoms with E-state index in [1.165, 1.54) is 9.80 Å². The summed E-state index contributed by atoms with van der Waals surface area (Å²) < 4.78 is 22.1. The number of fused-ring (bicyclic) bond motifs is 2. The summed E-state index contributed by atoms with van der Waals surface area (Å²) in [7, 11) is 0. The SMILES string of the molecule is O=C(CCCCCN1C(=O)/C(=C2\SC(=S)N(CCCCCC(=O)Nc3ccc4c(c3)OCO4)C2=O)SC1=S)Nc1ccc2c(c1)OCO2. The minimum absolute atomic E-state index is 0.107. The summed E-state index contributed by atoms with van der Waals surface area (Å²) >= 11 is 13.2.